The smallest absolute Gasteiger partial charge is 0.218 e. The molecule has 2 unspecified atom stereocenters. The van der Waals surface area contributed by atoms with Gasteiger partial charge in [-0.2, -0.15) is 0 Å². The van der Waals surface area contributed by atoms with Crippen LogP contribution in [0.25, 0.3) is 0 Å². The highest BCUT2D eigenvalue weighted by molar-refractivity contribution is 5.36. The van der Waals surface area contributed by atoms with Crippen LogP contribution in [0.1, 0.15) is 52.4 Å². The molecule has 0 aromatic carbocycles. The molecule has 1 fully saturated rings. The van der Waals surface area contributed by atoms with Crippen molar-refractivity contribution in [1.82, 2.24) is 9.97 Å². The van der Waals surface area contributed by atoms with Crippen LogP contribution < -0.4 is 10.1 Å². The van der Waals surface area contributed by atoms with Gasteiger partial charge >= 0.3 is 0 Å². The quantitative estimate of drug-likeness (QED) is 0.851. The number of nitrogens with zero attached hydrogens (tertiary/aromatic N) is 2. The van der Waals surface area contributed by atoms with Gasteiger partial charge in [0.2, 0.25) is 5.88 Å². The van der Waals surface area contributed by atoms with Gasteiger partial charge in [0.1, 0.15) is 18.2 Å². The molecule has 1 N–H and O–H groups in total. The number of rotatable bonds is 6. The van der Waals surface area contributed by atoms with Gasteiger partial charge in [-0.15, -0.1) is 0 Å². The molecule has 1 heterocycles. The summed E-state index contributed by atoms with van der Waals surface area (Å²) in [5.74, 6) is 2.38. The number of nitrogens with one attached hydrogen (secondary N) is 1. The zero-order valence-electron chi connectivity index (χ0n) is 12.1. The van der Waals surface area contributed by atoms with Gasteiger partial charge in [-0.1, -0.05) is 26.7 Å². The van der Waals surface area contributed by atoms with E-state index in [2.05, 4.69) is 29.1 Å². The number of ether oxygens (including phenoxy) is 1. The van der Waals surface area contributed by atoms with E-state index in [9.17, 15) is 0 Å². The van der Waals surface area contributed by atoms with Crippen LogP contribution in [-0.4, -0.2) is 22.6 Å². The normalized spacial score (nSPS) is 23.1. The molecule has 1 aromatic rings. The second-order valence-corrected chi connectivity index (χ2v) is 5.35. The van der Waals surface area contributed by atoms with Gasteiger partial charge in [0.15, 0.2) is 0 Å². The van der Waals surface area contributed by atoms with Gasteiger partial charge in [-0.25, -0.2) is 9.97 Å². The maximum atomic E-state index is 6.02. The Balaban J connectivity index is 1.90. The summed E-state index contributed by atoms with van der Waals surface area (Å²) in [5.41, 5.74) is 0. The van der Waals surface area contributed by atoms with E-state index in [1.807, 2.05) is 6.07 Å². The molecule has 0 bridgehead atoms. The molecule has 0 aliphatic heterocycles. The van der Waals surface area contributed by atoms with Crippen LogP contribution in [0.15, 0.2) is 12.4 Å². The van der Waals surface area contributed by atoms with Crippen molar-refractivity contribution in [3.63, 3.8) is 0 Å². The standard InChI is InChI=1S/C15H25N3O/c1-3-8-16-14-10-15(18-11-17-14)19-13-7-5-6-12(4-2)9-13/h10-13H,3-9H2,1-2H3,(H,16,17,18). The lowest BCUT2D eigenvalue weighted by atomic mass is 9.85. The van der Waals surface area contributed by atoms with Crippen molar-refractivity contribution in [1.29, 1.82) is 0 Å². The Morgan fingerprint density at radius 1 is 1.32 bits per heavy atom. The van der Waals surface area contributed by atoms with E-state index in [1.54, 1.807) is 6.33 Å². The first-order valence-corrected chi connectivity index (χ1v) is 7.54. The lowest BCUT2D eigenvalue weighted by Crippen LogP contribution is -2.25. The lowest BCUT2D eigenvalue weighted by Gasteiger charge is -2.28. The molecule has 2 rings (SSSR count). The monoisotopic (exact) mass is 263 g/mol. The van der Waals surface area contributed by atoms with Crippen molar-refractivity contribution in [3.05, 3.63) is 12.4 Å². The molecule has 1 saturated carbocycles. The van der Waals surface area contributed by atoms with E-state index in [0.717, 1.165) is 37.5 Å². The first kappa shape index (κ1) is 14.1. The predicted octanol–water partition coefficient (Wildman–Crippen LogP) is 3.65. The summed E-state index contributed by atoms with van der Waals surface area (Å²) in [4.78, 5) is 8.42. The number of anilines is 1. The average Bonchev–Trinajstić information content (AvgIpc) is 2.46. The highest BCUT2D eigenvalue weighted by Gasteiger charge is 2.22. The Labute approximate surface area is 116 Å². The fourth-order valence-electron chi connectivity index (χ4n) is 2.64. The van der Waals surface area contributed by atoms with Crippen molar-refractivity contribution in [2.45, 2.75) is 58.5 Å². The zero-order valence-corrected chi connectivity index (χ0v) is 12.1. The molecule has 0 amide bonds. The van der Waals surface area contributed by atoms with Crippen molar-refractivity contribution >= 4 is 5.82 Å². The van der Waals surface area contributed by atoms with Crippen molar-refractivity contribution in [3.8, 4) is 5.88 Å². The molecule has 0 saturated heterocycles. The molecule has 4 nitrogen and oxygen atoms in total. The van der Waals surface area contributed by atoms with Crippen LogP contribution >= 0.6 is 0 Å². The minimum absolute atomic E-state index is 0.327. The first-order valence-electron chi connectivity index (χ1n) is 7.54. The zero-order chi connectivity index (χ0) is 13.5. The van der Waals surface area contributed by atoms with Crippen LogP contribution in [-0.2, 0) is 0 Å². The molecule has 1 aromatic heterocycles. The van der Waals surface area contributed by atoms with Gasteiger partial charge in [-0.3, -0.25) is 0 Å². The summed E-state index contributed by atoms with van der Waals surface area (Å²) >= 11 is 0. The van der Waals surface area contributed by atoms with Crippen molar-refractivity contribution in [2.75, 3.05) is 11.9 Å². The topological polar surface area (TPSA) is 47.0 Å². The summed E-state index contributed by atoms with van der Waals surface area (Å²) < 4.78 is 6.02. The second kappa shape index (κ2) is 7.31. The Bertz CT molecular complexity index is 383. The molecule has 0 radical (unpaired) electrons. The molecule has 19 heavy (non-hydrogen) atoms. The second-order valence-electron chi connectivity index (χ2n) is 5.35. The van der Waals surface area contributed by atoms with Crippen LogP contribution in [0, 0.1) is 5.92 Å². The van der Waals surface area contributed by atoms with Gasteiger partial charge < -0.3 is 10.1 Å². The van der Waals surface area contributed by atoms with Crippen molar-refractivity contribution in [2.24, 2.45) is 5.92 Å². The molecule has 1 aliphatic carbocycles. The van der Waals surface area contributed by atoms with Crippen LogP contribution in [0.5, 0.6) is 5.88 Å². The van der Waals surface area contributed by atoms with E-state index in [1.165, 1.54) is 19.3 Å². The molecular weight excluding hydrogens is 238 g/mol. The molecule has 106 valence electrons. The number of hydrogen-bond donors (Lipinski definition) is 1. The lowest BCUT2D eigenvalue weighted by molar-refractivity contribution is 0.117. The fraction of sp³-hybridized carbons (Fsp3) is 0.733. The number of aromatic nitrogens is 2. The van der Waals surface area contributed by atoms with Crippen LogP contribution in [0.2, 0.25) is 0 Å². The van der Waals surface area contributed by atoms with E-state index in [4.69, 9.17) is 4.74 Å². The van der Waals surface area contributed by atoms with Gasteiger partial charge in [0.05, 0.1) is 0 Å². The van der Waals surface area contributed by atoms with Crippen molar-refractivity contribution < 1.29 is 4.74 Å². The predicted molar refractivity (Wildman–Crippen MR) is 77.5 cm³/mol. The van der Waals surface area contributed by atoms with Crippen LogP contribution in [0.4, 0.5) is 5.82 Å². The summed E-state index contributed by atoms with van der Waals surface area (Å²) in [6.45, 7) is 5.33. The van der Waals surface area contributed by atoms with E-state index >= 15 is 0 Å². The van der Waals surface area contributed by atoms with E-state index in [0.29, 0.717) is 12.0 Å². The van der Waals surface area contributed by atoms with Crippen LogP contribution in [0.3, 0.4) is 0 Å². The molecule has 4 heteroatoms. The van der Waals surface area contributed by atoms with Gasteiger partial charge in [0, 0.05) is 12.6 Å². The van der Waals surface area contributed by atoms with Gasteiger partial charge in [-0.05, 0) is 31.6 Å². The highest BCUT2D eigenvalue weighted by Crippen LogP contribution is 2.29. The van der Waals surface area contributed by atoms with Gasteiger partial charge in [0.25, 0.3) is 0 Å². The third-order valence-electron chi connectivity index (χ3n) is 3.80. The SMILES string of the molecule is CCCNc1cc(OC2CCCC(CC)C2)ncn1. The Kier molecular flexibility index (Phi) is 5.43. The van der Waals surface area contributed by atoms with E-state index < -0.39 is 0 Å². The fourth-order valence-corrected chi connectivity index (χ4v) is 2.64. The first-order chi connectivity index (χ1) is 9.31. The summed E-state index contributed by atoms with van der Waals surface area (Å²) in [6, 6.07) is 1.91. The summed E-state index contributed by atoms with van der Waals surface area (Å²) in [6.07, 6.45) is 9.18. The minimum Gasteiger partial charge on any atom is -0.474 e. The molecule has 2 atom stereocenters. The highest BCUT2D eigenvalue weighted by atomic mass is 16.5. The largest absolute Gasteiger partial charge is 0.474 e. The minimum atomic E-state index is 0.327. The third kappa shape index (κ3) is 4.37. The summed E-state index contributed by atoms with van der Waals surface area (Å²) in [5, 5.41) is 3.26. The Morgan fingerprint density at radius 2 is 2.21 bits per heavy atom. The maximum Gasteiger partial charge on any atom is 0.218 e. The molecular formula is C15H25N3O. The average molecular weight is 263 g/mol. The van der Waals surface area contributed by atoms with E-state index in [-0.39, 0.29) is 0 Å². The Morgan fingerprint density at radius 3 is 3.00 bits per heavy atom. The number of hydrogen-bond acceptors (Lipinski definition) is 4. The maximum absolute atomic E-state index is 6.02. The summed E-state index contributed by atoms with van der Waals surface area (Å²) in [7, 11) is 0. The third-order valence-corrected chi connectivity index (χ3v) is 3.80. The molecule has 0 spiro atoms. The molecule has 1 aliphatic rings. The Hall–Kier alpha value is -1.32.